The smallest absolute Gasteiger partial charge is 0.222 e. The number of benzene rings is 1. The monoisotopic (exact) mass is 313 g/mol. The van der Waals surface area contributed by atoms with Crippen LogP contribution < -0.4 is 0 Å². The predicted octanol–water partition coefficient (Wildman–Crippen LogP) is 1.65. The molecule has 0 bridgehead atoms. The van der Waals surface area contributed by atoms with Crippen molar-refractivity contribution in [2.75, 3.05) is 18.6 Å². The van der Waals surface area contributed by atoms with E-state index in [0.717, 1.165) is 5.56 Å². The van der Waals surface area contributed by atoms with Crippen LogP contribution in [0.2, 0.25) is 0 Å². The highest BCUT2D eigenvalue weighted by atomic mass is 32.2. The molecule has 1 fully saturated rings. The van der Waals surface area contributed by atoms with Gasteiger partial charge >= 0.3 is 0 Å². The van der Waals surface area contributed by atoms with Gasteiger partial charge in [-0.15, -0.1) is 0 Å². The summed E-state index contributed by atoms with van der Waals surface area (Å²) in [4.78, 5) is 13.6. The van der Waals surface area contributed by atoms with Crippen LogP contribution in [0.25, 0.3) is 0 Å². The Morgan fingerprint density at radius 2 is 2.10 bits per heavy atom. The van der Waals surface area contributed by atoms with Crippen LogP contribution in [0.5, 0.6) is 0 Å². The van der Waals surface area contributed by atoms with Crippen LogP contribution >= 0.6 is 0 Å². The Hall–Kier alpha value is -1.43. The van der Waals surface area contributed by atoms with Gasteiger partial charge in [-0.3, -0.25) is 4.79 Å². The zero-order valence-electron chi connectivity index (χ0n) is 12.3. The molecule has 1 saturated heterocycles. The number of hydrogen-bond donors (Lipinski definition) is 0. The number of rotatable bonds is 5. The molecular weight excluding hydrogens is 293 g/mol. The van der Waals surface area contributed by atoms with Gasteiger partial charge in [0.2, 0.25) is 5.91 Å². The first-order valence-corrected chi connectivity index (χ1v) is 8.79. The summed E-state index contributed by atoms with van der Waals surface area (Å²) in [6.07, 6.45) is 0.962. The van der Waals surface area contributed by atoms with Gasteiger partial charge in [-0.05, 0) is 30.0 Å². The van der Waals surface area contributed by atoms with Gasteiger partial charge in [0.1, 0.15) is 5.82 Å². The molecule has 1 aliphatic heterocycles. The summed E-state index contributed by atoms with van der Waals surface area (Å²) in [6, 6.07) is 6.17. The van der Waals surface area contributed by atoms with E-state index in [0.29, 0.717) is 12.8 Å². The first-order valence-electron chi connectivity index (χ1n) is 6.97. The molecule has 21 heavy (non-hydrogen) atoms. The Balaban J connectivity index is 1.84. The number of sulfone groups is 1. The van der Waals surface area contributed by atoms with E-state index in [2.05, 4.69) is 0 Å². The fourth-order valence-electron chi connectivity index (χ4n) is 2.55. The molecule has 1 aromatic carbocycles. The van der Waals surface area contributed by atoms with Crippen LogP contribution in [0.4, 0.5) is 4.39 Å². The average molecular weight is 313 g/mol. The molecule has 6 heteroatoms. The Morgan fingerprint density at radius 1 is 1.43 bits per heavy atom. The van der Waals surface area contributed by atoms with Crippen molar-refractivity contribution in [3.05, 3.63) is 35.6 Å². The number of carbonyl (C=O) groups excluding carboxylic acids is 1. The maximum Gasteiger partial charge on any atom is 0.222 e. The lowest BCUT2D eigenvalue weighted by molar-refractivity contribution is -0.132. The van der Waals surface area contributed by atoms with Crippen molar-refractivity contribution < 1.29 is 17.6 Å². The third-order valence-corrected chi connectivity index (χ3v) is 5.62. The van der Waals surface area contributed by atoms with Crippen molar-refractivity contribution in [2.45, 2.75) is 25.8 Å². The van der Waals surface area contributed by atoms with Crippen LogP contribution in [0.3, 0.4) is 0 Å². The molecule has 0 radical (unpaired) electrons. The molecule has 4 nitrogen and oxygen atoms in total. The lowest BCUT2D eigenvalue weighted by Gasteiger charge is -2.34. The topological polar surface area (TPSA) is 54.5 Å². The Kier molecular flexibility index (Phi) is 4.66. The maximum atomic E-state index is 13.1. The third kappa shape index (κ3) is 4.27. The summed E-state index contributed by atoms with van der Waals surface area (Å²) >= 11 is 0. The van der Waals surface area contributed by atoms with Gasteiger partial charge in [-0.1, -0.05) is 19.1 Å². The number of halogens is 1. The van der Waals surface area contributed by atoms with Crippen LogP contribution in [-0.2, 0) is 21.1 Å². The van der Waals surface area contributed by atoms with Gasteiger partial charge in [-0.2, -0.15) is 0 Å². The van der Waals surface area contributed by atoms with Gasteiger partial charge in [0.25, 0.3) is 0 Å². The van der Waals surface area contributed by atoms with E-state index in [4.69, 9.17) is 0 Å². The van der Waals surface area contributed by atoms with E-state index in [1.165, 1.54) is 17.0 Å². The normalized spacial score (nSPS) is 18.8. The highest BCUT2D eigenvalue weighted by Gasteiger charge is 2.38. The van der Waals surface area contributed by atoms with E-state index in [-0.39, 0.29) is 35.2 Å². The molecule has 0 aromatic heterocycles. The molecule has 0 aliphatic carbocycles. The number of hydrogen-bond acceptors (Lipinski definition) is 3. The Bertz CT molecular complexity index is 618. The summed E-state index contributed by atoms with van der Waals surface area (Å²) in [5, 5.41) is 0. The van der Waals surface area contributed by atoms with Crippen molar-refractivity contribution in [1.82, 2.24) is 4.90 Å². The van der Waals surface area contributed by atoms with E-state index < -0.39 is 9.84 Å². The van der Waals surface area contributed by atoms with Crippen LogP contribution in [0.15, 0.2) is 24.3 Å². The summed E-state index contributed by atoms with van der Waals surface area (Å²) < 4.78 is 35.4. The second-order valence-corrected chi connectivity index (χ2v) is 8.03. The summed E-state index contributed by atoms with van der Waals surface area (Å²) in [7, 11) is -1.28. The molecule has 1 heterocycles. The standard InChI is InChI=1S/C15H20FNO3S/c1-11(6-12-4-3-5-13(16)8-12)7-15(18)17(2)14-9-21(19,20)10-14/h3-5,8,11,14H,6-7,9-10H2,1-2H3. The van der Waals surface area contributed by atoms with Crippen molar-refractivity contribution in [1.29, 1.82) is 0 Å². The molecule has 1 aliphatic rings. The van der Waals surface area contributed by atoms with Gasteiger partial charge in [0.15, 0.2) is 9.84 Å². The SMILES string of the molecule is CC(CC(=O)N(C)C1CS(=O)(=O)C1)Cc1cccc(F)c1. The van der Waals surface area contributed by atoms with Gasteiger partial charge in [0.05, 0.1) is 17.5 Å². The third-order valence-electron chi connectivity index (χ3n) is 3.83. The molecule has 0 saturated carbocycles. The minimum absolute atomic E-state index is 0.0567. The number of amides is 1. The molecule has 1 unspecified atom stereocenters. The fraction of sp³-hybridized carbons (Fsp3) is 0.533. The first-order chi connectivity index (χ1) is 9.77. The van der Waals surface area contributed by atoms with Gasteiger partial charge < -0.3 is 4.90 Å². The molecule has 1 amide bonds. The maximum absolute atomic E-state index is 13.1. The largest absolute Gasteiger partial charge is 0.341 e. The predicted molar refractivity (Wildman–Crippen MR) is 79.1 cm³/mol. The number of nitrogens with zero attached hydrogens (tertiary/aromatic N) is 1. The number of carbonyl (C=O) groups is 1. The highest BCUT2D eigenvalue weighted by molar-refractivity contribution is 7.92. The van der Waals surface area contributed by atoms with E-state index >= 15 is 0 Å². The molecule has 2 rings (SSSR count). The van der Waals surface area contributed by atoms with E-state index in [1.807, 2.05) is 13.0 Å². The van der Waals surface area contributed by atoms with Crippen LogP contribution in [0.1, 0.15) is 18.9 Å². The van der Waals surface area contributed by atoms with Crippen molar-refractivity contribution in [2.24, 2.45) is 5.92 Å². The van der Waals surface area contributed by atoms with E-state index in [1.54, 1.807) is 13.1 Å². The molecule has 0 spiro atoms. The molecule has 1 atom stereocenters. The molecule has 1 aromatic rings. The first kappa shape index (κ1) is 15.9. The van der Waals surface area contributed by atoms with Crippen molar-refractivity contribution >= 4 is 15.7 Å². The molecule has 116 valence electrons. The van der Waals surface area contributed by atoms with Gasteiger partial charge in [0, 0.05) is 13.5 Å². The van der Waals surface area contributed by atoms with Crippen LogP contribution in [-0.4, -0.2) is 43.8 Å². The highest BCUT2D eigenvalue weighted by Crippen LogP contribution is 2.19. The lowest BCUT2D eigenvalue weighted by atomic mass is 9.97. The fourth-order valence-corrected chi connectivity index (χ4v) is 4.07. The zero-order chi connectivity index (χ0) is 15.6. The second-order valence-electron chi connectivity index (χ2n) is 5.88. The van der Waals surface area contributed by atoms with Crippen molar-refractivity contribution in [3.63, 3.8) is 0 Å². The van der Waals surface area contributed by atoms with Crippen molar-refractivity contribution in [3.8, 4) is 0 Å². The minimum atomic E-state index is -2.93. The second kappa shape index (κ2) is 6.13. The molecule has 0 N–H and O–H groups in total. The molecular formula is C15H20FNO3S. The van der Waals surface area contributed by atoms with E-state index in [9.17, 15) is 17.6 Å². The summed E-state index contributed by atoms with van der Waals surface area (Å²) in [6.45, 7) is 1.94. The lowest BCUT2D eigenvalue weighted by Crippen LogP contribution is -2.53. The summed E-state index contributed by atoms with van der Waals surface area (Å²) in [5.74, 6) is -0.124. The Morgan fingerprint density at radius 3 is 2.67 bits per heavy atom. The average Bonchev–Trinajstić information content (AvgIpc) is 2.34. The Labute approximate surface area is 124 Å². The van der Waals surface area contributed by atoms with Gasteiger partial charge in [-0.25, -0.2) is 12.8 Å². The quantitative estimate of drug-likeness (QED) is 0.830. The zero-order valence-corrected chi connectivity index (χ0v) is 13.1. The van der Waals surface area contributed by atoms with Crippen LogP contribution in [0, 0.1) is 11.7 Å². The minimum Gasteiger partial charge on any atom is -0.341 e. The summed E-state index contributed by atoms with van der Waals surface area (Å²) in [5.41, 5.74) is 0.865.